The third-order valence-electron chi connectivity index (χ3n) is 7.12. The minimum absolute atomic E-state index is 0.00789. The van der Waals surface area contributed by atoms with Gasteiger partial charge in [0.15, 0.2) is 11.6 Å². The summed E-state index contributed by atoms with van der Waals surface area (Å²) >= 11 is 0. The number of rotatable bonds is 6. The molecule has 0 bridgehead atoms. The molecule has 0 saturated heterocycles. The summed E-state index contributed by atoms with van der Waals surface area (Å²) in [4.78, 5) is 40.1. The number of carbonyl (C=O) groups excluding carboxylic acids is 2. The van der Waals surface area contributed by atoms with Gasteiger partial charge in [0.25, 0.3) is 0 Å². The number of benzene rings is 2. The second kappa shape index (κ2) is 9.63. The maximum atomic E-state index is 13.3. The van der Waals surface area contributed by atoms with Gasteiger partial charge in [-0.15, -0.1) is 0 Å². The molecule has 0 amide bonds. The summed E-state index contributed by atoms with van der Waals surface area (Å²) in [5, 5.41) is 9.61. The van der Waals surface area contributed by atoms with E-state index >= 15 is 0 Å². The maximum Gasteiger partial charge on any atom is 0.339 e. The standard InChI is InChI=1S/C28H27NO7S/c1-17-12-14-18(15-13-17)37(34,35)36-24-11-3-2-6-19(24)26-27-20(7-4-9-22(27)30)29(16-25(32)33)21-8-5-10-23(31)28(21)26/h2-3,6,11-15,26H,4-5,7-10,16H2,1H3,(H,32,33). The van der Waals surface area contributed by atoms with Crippen LogP contribution in [0.15, 0.2) is 76.0 Å². The monoisotopic (exact) mass is 521 g/mol. The molecule has 1 heterocycles. The lowest BCUT2D eigenvalue weighted by Gasteiger charge is -2.43. The van der Waals surface area contributed by atoms with Crippen LogP contribution in [0.4, 0.5) is 0 Å². The molecule has 0 fully saturated rings. The lowest BCUT2D eigenvalue weighted by atomic mass is 9.70. The SMILES string of the molecule is Cc1ccc(S(=O)(=O)Oc2ccccc2C2C3=C(CCCC3=O)N(CC(=O)O)C3=C2C(=O)CCC3)cc1. The highest BCUT2D eigenvalue weighted by Gasteiger charge is 2.44. The Morgan fingerprint density at radius 1 is 0.919 bits per heavy atom. The molecule has 0 atom stereocenters. The van der Waals surface area contributed by atoms with E-state index < -0.39 is 22.0 Å². The smallest absolute Gasteiger partial charge is 0.339 e. The summed E-state index contributed by atoms with van der Waals surface area (Å²) in [6.45, 7) is 1.51. The van der Waals surface area contributed by atoms with Gasteiger partial charge in [0.1, 0.15) is 17.2 Å². The van der Waals surface area contributed by atoms with Gasteiger partial charge in [-0.3, -0.25) is 14.4 Å². The van der Waals surface area contributed by atoms with Gasteiger partial charge in [-0.05, 0) is 50.8 Å². The van der Waals surface area contributed by atoms with Crippen LogP contribution in [-0.2, 0) is 24.5 Å². The molecule has 0 aromatic heterocycles. The maximum absolute atomic E-state index is 13.3. The van der Waals surface area contributed by atoms with Crippen molar-refractivity contribution in [3.8, 4) is 5.75 Å². The molecule has 8 nitrogen and oxygen atoms in total. The summed E-state index contributed by atoms with van der Waals surface area (Å²) in [7, 11) is -4.19. The van der Waals surface area contributed by atoms with Crippen molar-refractivity contribution in [2.75, 3.05) is 6.54 Å². The van der Waals surface area contributed by atoms with E-state index in [-0.39, 0.29) is 41.6 Å². The van der Waals surface area contributed by atoms with Gasteiger partial charge in [-0.2, -0.15) is 8.42 Å². The van der Waals surface area contributed by atoms with E-state index in [4.69, 9.17) is 4.18 Å². The highest BCUT2D eigenvalue weighted by molar-refractivity contribution is 7.87. The molecule has 192 valence electrons. The van der Waals surface area contributed by atoms with Crippen LogP contribution in [-0.4, -0.2) is 42.5 Å². The van der Waals surface area contributed by atoms with Gasteiger partial charge >= 0.3 is 16.1 Å². The Bertz CT molecular complexity index is 1420. The molecule has 2 aromatic rings. The quantitative estimate of drug-likeness (QED) is 0.560. The Kier molecular flexibility index (Phi) is 6.49. The first-order valence-corrected chi connectivity index (χ1v) is 13.7. The Morgan fingerprint density at radius 2 is 1.49 bits per heavy atom. The molecule has 0 radical (unpaired) electrons. The molecule has 9 heteroatoms. The van der Waals surface area contributed by atoms with Gasteiger partial charge in [0.05, 0.1) is 0 Å². The molecule has 2 aliphatic carbocycles. The minimum Gasteiger partial charge on any atom is -0.480 e. The number of nitrogens with zero attached hydrogens (tertiary/aromatic N) is 1. The number of carboxylic acid groups (broad SMARTS) is 1. The summed E-state index contributed by atoms with van der Waals surface area (Å²) in [5.41, 5.74) is 3.24. The number of carbonyl (C=O) groups is 3. The molecular formula is C28H27NO7S. The van der Waals surface area contributed by atoms with E-state index in [0.29, 0.717) is 53.8 Å². The van der Waals surface area contributed by atoms with E-state index in [1.807, 2.05) is 6.92 Å². The number of hydrogen-bond donors (Lipinski definition) is 1. The molecule has 0 saturated carbocycles. The van der Waals surface area contributed by atoms with E-state index in [1.54, 1.807) is 35.2 Å². The summed E-state index contributed by atoms with van der Waals surface area (Å²) in [5.74, 6) is -2.16. The van der Waals surface area contributed by atoms with E-state index in [1.165, 1.54) is 18.2 Å². The number of ketones is 2. The Balaban J connectivity index is 1.68. The second-order valence-electron chi connectivity index (χ2n) is 9.58. The van der Waals surface area contributed by atoms with Crippen molar-refractivity contribution in [2.24, 2.45) is 0 Å². The van der Waals surface area contributed by atoms with Crippen LogP contribution in [0.25, 0.3) is 0 Å². The number of allylic oxidation sites excluding steroid dienone is 4. The first-order chi connectivity index (χ1) is 17.7. The lowest BCUT2D eigenvalue weighted by Crippen LogP contribution is -2.41. The predicted octanol–water partition coefficient (Wildman–Crippen LogP) is 4.26. The Morgan fingerprint density at radius 3 is 2.05 bits per heavy atom. The number of para-hydroxylation sites is 1. The van der Waals surface area contributed by atoms with Crippen LogP contribution in [0.3, 0.4) is 0 Å². The fourth-order valence-electron chi connectivity index (χ4n) is 5.52. The van der Waals surface area contributed by atoms with Crippen LogP contribution in [0.2, 0.25) is 0 Å². The topological polar surface area (TPSA) is 118 Å². The first-order valence-electron chi connectivity index (χ1n) is 12.3. The van der Waals surface area contributed by atoms with E-state index in [2.05, 4.69) is 0 Å². The Labute approximate surface area is 215 Å². The third-order valence-corrected chi connectivity index (χ3v) is 8.37. The van der Waals surface area contributed by atoms with Crippen LogP contribution in [0, 0.1) is 6.92 Å². The number of hydrogen-bond acceptors (Lipinski definition) is 7. The van der Waals surface area contributed by atoms with Crippen LogP contribution >= 0.6 is 0 Å². The lowest BCUT2D eigenvalue weighted by molar-refractivity contribution is -0.138. The van der Waals surface area contributed by atoms with E-state index in [9.17, 15) is 27.9 Å². The van der Waals surface area contributed by atoms with Crippen molar-refractivity contribution in [1.82, 2.24) is 4.90 Å². The molecule has 2 aromatic carbocycles. The highest BCUT2D eigenvalue weighted by atomic mass is 32.2. The number of aliphatic carboxylic acids is 1. The highest BCUT2D eigenvalue weighted by Crippen LogP contribution is 2.50. The van der Waals surface area contributed by atoms with Crippen LogP contribution in [0.1, 0.15) is 55.6 Å². The minimum atomic E-state index is -4.19. The number of aryl methyl sites for hydroxylation is 1. The first kappa shape index (κ1) is 25.0. The van der Waals surface area contributed by atoms with E-state index in [0.717, 1.165) is 5.56 Å². The molecule has 1 N–H and O–H groups in total. The summed E-state index contributed by atoms with van der Waals surface area (Å²) in [6.07, 6.45) is 2.71. The summed E-state index contributed by atoms with van der Waals surface area (Å²) in [6, 6.07) is 12.8. The van der Waals surface area contributed by atoms with Crippen LogP contribution in [0.5, 0.6) is 5.75 Å². The molecule has 0 unspecified atom stereocenters. The summed E-state index contributed by atoms with van der Waals surface area (Å²) < 4.78 is 32.0. The average Bonchev–Trinajstić information content (AvgIpc) is 2.85. The van der Waals surface area contributed by atoms with Crippen molar-refractivity contribution in [3.05, 3.63) is 82.2 Å². The molecule has 0 spiro atoms. The van der Waals surface area contributed by atoms with Gasteiger partial charge < -0.3 is 14.2 Å². The molecule has 3 aliphatic rings. The van der Waals surface area contributed by atoms with Crippen molar-refractivity contribution in [1.29, 1.82) is 0 Å². The molecule has 37 heavy (non-hydrogen) atoms. The van der Waals surface area contributed by atoms with Crippen molar-refractivity contribution >= 4 is 27.7 Å². The van der Waals surface area contributed by atoms with Crippen LogP contribution < -0.4 is 4.18 Å². The third kappa shape index (κ3) is 4.59. The van der Waals surface area contributed by atoms with Gasteiger partial charge in [0, 0.05) is 46.9 Å². The fraction of sp³-hybridized carbons (Fsp3) is 0.321. The largest absolute Gasteiger partial charge is 0.480 e. The molecule has 1 aliphatic heterocycles. The van der Waals surface area contributed by atoms with Crippen molar-refractivity contribution < 1.29 is 32.1 Å². The average molecular weight is 522 g/mol. The number of carboxylic acids is 1. The zero-order valence-corrected chi connectivity index (χ0v) is 21.2. The molecular weight excluding hydrogens is 494 g/mol. The fourth-order valence-corrected chi connectivity index (χ4v) is 6.47. The zero-order chi connectivity index (χ0) is 26.3. The number of Topliss-reactive ketones (excluding diaryl/α,β-unsaturated/α-hetero) is 2. The Hall–Kier alpha value is -3.72. The van der Waals surface area contributed by atoms with Crippen molar-refractivity contribution in [2.45, 2.75) is 56.3 Å². The van der Waals surface area contributed by atoms with Gasteiger partial charge in [0.2, 0.25) is 0 Å². The zero-order valence-electron chi connectivity index (χ0n) is 20.4. The van der Waals surface area contributed by atoms with Gasteiger partial charge in [-0.1, -0.05) is 35.9 Å². The van der Waals surface area contributed by atoms with Crippen molar-refractivity contribution in [3.63, 3.8) is 0 Å². The predicted molar refractivity (Wildman–Crippen MR) is 134 cm³/mol. The normalized spacial score (nSPS) is 18.6. The second-order valence-corrected chi connectivity index (χ2v) is 11.1. The van der Waals surface area contributed by atoms with Gasteiger partial charge in [-0.25, -0.2) is 0 Å². The molecule has 5 rings (SSSR count).